The number of nitro benzene ring substituents is 1. The van der Waals surface area contributed by atoms with Crippen LogP contribution in [0, 0.1) is 16.0 Å². The van der Waals surface area contributed by atoms with E-state index < -0.39 is 10.9 Å². The molecule has 7 heteroatoms. The molecule has 0 aliphatic carbocycles. The summed E-state index contributed by atoms with van der Waals surface area (Å²) in [6.45, 7) is 2.55. The van der Waals surface area contributed by atoms with Crippen molar-refractivity contribution in [3.63, 3.8) is 0 Å². The molecule has 0 bridgehead atoms. The first-order chi connectivity index (χ1) is 9.93. The van der Waals surface area contributed by atoms with Crippen LogP contribution < -0.4 is 5.32 Å². The summed E-state index contributed by atoms with van der Waals surface area (Å²) in [5.41, 5.74) is 0.374. The standard InChI is InChI=1S/C14H19ClN2O4/c1-2-10(3-6-14(18)19)7-8-16-12-9-11(15)4-5-13(12)17(20)21/h4-5,9-10,16H,2-3,6-8H2,1H3,(H,18,19). The first-order valence-electron chi connectivity index (χ1n) is 6.83. The van der Waals surface area contributed by atoms with E-state index in [1.54, 1.807) is 0 Å². The molecule has 1 aromatic carbocycles. The van der Waals surface area contributed by atoms with E-state index in [0.29, 0.717) is 23.7 Å². The van der Waals surface area contributed by atoms with E-state index in [-0.39, 0.29) is 18.0 Å². The average Bonchev–Trinajstić information content (AvgIpc) is 2.42. The number of hydrogen-bond donors (Lipinski definition) is 2. The Morgan fingerprint density at radius 2 is 2.19 bits per heavy atom. The van der Waals surface area contributed by atoms with Crippen molar-refractivity contribution >= 4 is 28.9 Å². The Labute approximate surface area is 128 Å². The summed E-state index contributed by atoms with van der Waals surface area (Å²) in [7, 11) is 0. The Bertz CT molecular complexity index is 508. The van der Waals surface area contributed by atoms with Gasteiger partial charge in [-0.2, -0.15) is 0 Å². The summed E-state index contributed by atoms with van der Waals surface area (Å²) in [5, 5.41) is 23.1. The van der Waals surface area contributed by atoms with E-state index in [2.05, 4.69) is 5.32 Å². The van der Waals surface area contributed by atoms with Crippen molar-refractivity contribution in [2.75, 3.05) is 11.9 Å². The van der Waals surface area contributed by atoms with E-state index in [4.69, 9.17) is 16.7 Å². The minimum Gasteiger partial charge on any atom is -0.481 e. The Kier molecular flexibility index (Phi) is 6.94. The van der Waals surface area contributed by atoms with Gasteiger partial charge < -0.3 is 10.4 Å². The van der Waals surface area contributed by atoms with Gasteiger partial charge in [-0.3, -0.25) is 14.9 Å². The maximum Gasteiger partial charge on any atom is 0.303 e. The second kappa shape index (κ2) is 8.46. The largest absolute Gasteiger partial charge is 0.481 e. The Balaban J connectivity index is 2.56. The van der Waals surface area contributed by atoms with Crippen LogP contribution in [-0.4, -0.2) is 22.5 Å². The van der Waals surface area contributed by atoms with Gasteiger partial charge in [0, 0.05) is 24.1 Å². The molecule has 0 aromatic heterocycles. The lowest BCUT2D eigenvalue weighted by molar-refractivity contribution is -0.384. The van der Waals surface area contributed by atoms with Crippen molar-refractivity contribution in [1.29, 1.82) is 0 Å². The summed E-state index contributed by atoms with van der Waals surface area (Å²) in [6, 6.07) is 4.37. The Morgan fingerprint density at radius 3 is 2.76 bits per heavy atom. The number of rotatable bonds is 9. The molecular formula is C14H19ClN2O4. The lowest BCUT2D eigenvalue weighted by Crippen LogP contribution is -2.11. The van der Waals surface area contributed by atoms with Crippen LogP contribution in [0.15, 0.2) is 18.2 Å². The number of nitro groups is 1. The number of carboxylic acid groups (broad SMARTS) is 1. The molecule has 6 nitrogen and oxygen atoms in total. The van der Waals surface area contributed by atoms with Gasteiger partial charge in [0.1, 0.15) is 5.69 Å². The molecule has 0 amide bonds. The third kappa shape index (κ3) is 5.99. The zero-order valence-electron chi connectivity index (χ0n) is 11.8. The maximum atomic E-state index is 10.9. The monoisotopic (exact) mass is 314 g/mol. The third-order valence-corrected chi connectivity index (χ3v) is 3.60. The van der Waals surface area contributed by atoms with Gasteiger partial charge in [0.05, 0.1) is 4.92 Å². The summed E-state index contributed by atoms with van der Waals surface area (Å²) in [6.07, 6.45) is 2.40. The van der Waals surface area contributed by atoms with E-state index in [1.165, 1.54) is 18.2 Å². The molecule has 0 saturated carbocycles. The smallest absolute Gasteiger partial charge is 0.303 e. The molecule has 0 aliphatic heterocycles. The van der Waals surface area contributed by atoms with Gasteiger partial charge in [-0.1, -0.05) is 24.9 Å². The van der Waals surface area contributed by atoms with Crippen LogP contribution in [0.5, 0.6) is 0 Å². The predicted molar refractivity (Wildman–Crippen MR) is 81.9 cm³/mol. The van der Waals surface area contributed by atoms with Crippen molar-refractivity contribution in [3.05, 3.63) is 33.3 Å². The summed E-state index contributed by atoms with van der Waals surface area (Å²) >= 11 is 5.85. The van der Waals surface area contributed by atoms with Crippen molar-refractivity contribution in [3.8, 4) is 0 Å². The summed E-state index contributed by atoms with van der Waals surface area (Å²) in [5.74, 6) is -0.515. The number of halogens is 1. The average molecular weight is 315 g/mol. The Morgan fingerprint density at radius 1 is 1.48 bits per heavy atom. The number of hydrogen-bond acceptors (Lipinski definition) is 4. The quantitative estimate of drug-likeness (QED) is 0.532. The zero-order valence-corrected chi connectivity index (χ0v) is 12.6. The third-order valence-electron chi connectivity index (χ3n) is 3.37. The normalized spacial score (nSPS) is 11.9. The van der Waals surface area contributed by atoms with Gasteiger partial charge in [-0.05, 0) is 30.9 Å². The summed E-state index contributed by atoms with van der Waals surface area (Å²) < 4.78 is 0. The highest BCUT2D eigenvalue weighted by Crippen LogP contribution is 2.28. The molecule has 1 rings (SSSR count). The van der Waals surface area contributed by atoms with Gasteiger partial charge in [0.2, 0.25) is 0 Å². The van der Waals surface area contributed by atoms with E-state index >= 15 is 0 Å². The molecule has 0 heterocycles. The lowest BCUT2D eigenvalue weighted by Gasteiger charge is -2.14. The van der Waals surface area contributed by atoms with Crippen molar-refractivity contribution in [1.82, 2.24) is 0 Å². The molecule has 116 valence electrons. The highest BCUT2D eigenvalue weighted by Gasteiger charge is 2.14. The first kappa shape index (κ1) is 17.2. The summed E-state index contributed by atoms with van der Waals surface area (Å²) in [4.78, 5) is 21.0. The van der Waals surface area contributed by atoms with Crippen LogP contribution in [0.1, 0.15) is 32.6 Å². The van der Waals surface area contributed by atoms with Crippen LogP contribution in [-0.2, 0) is 4.79 Å². The molecule has 0 radical (unpaired) electrons. The fourth-order valence-corrected chi connectivity index (χ4v) is 2.27. The van der Waals surface area contributed by atoms with Crippen LogP contribution in [0.3, 0.4) is 0 Å². The molecule has 0 aliphatic rings. The molecule has 0 fully saturated rings. The van der Waals surface area contributed by atoms with Crippen molar-refractivity contribution in [2.45, 2.75) is 32.6 Å². The number of benzene rings is 1. The highest BCUT2D eigenvalue weighted by atomic mass is 35.5. The van der Waals surface area contributed by atoms with Crippen LogP contribution in [0.25, 0.3) is 0 Å². The van der Waals surface area contributed by atoms with Crippen molar-refractivity contribution in [2.24, 2.45) is 5.92 Å². The predicted octanol–water partition coefficient (Wildman–Crippen LogP) is 3.94. The van der Waals surface area contributed by atoms with Crippen molar-refractivity contribution < 1.29 is 14.8 Å². The molecule has 0 saturated heterocycles. The highest BCUT2D eigenvalue weighted by molar-refractivity contribution is 6.31. The van der Waals surface area contributed by atoms with Crippen LogP contribution in [0.2, 0.25) is 5.02 Å². The second-order valence-corrected chi connectivity index (χ2v) is 5.28. The topological polar surface area (TPSA) is 92.5 Å². The molecule has 21 heavy (non-hydrogen) atoms. The fraction of sp³-hybridized carbons (Fsp3) is 0.500. The number of nitrogens with zero attached hydrogens (tertiary/aromatic N) is 1. The van der Waals surface area contributed by atoms with Gasteiger partial charge in [0.25, 0.3) is 5.69 Å². The molecular weight excluding hydrogens is 296 g/mol. The zero-order chi connectivity index (χ0) is 15.8. The number of anilines is 1. The van der Waals surface area contributed by atoms with Crippen LogP contribution >= 0.6 is 11.6 Å². The second-order valence-electron chi connectivity index (χ2n) is 4.84. The lowest BCUT2D eigenvalue weighted by atomic mass is 9.96. The van der Waals surface area contributed by atoms with Gasteiger partial charge in [-0.15, -0.1) is 0 Å². The first-order valence-corrected chi connectivity index (χ1v) is 7.21. The SMILES string of the molecule is CCC(CCNc1cc(Cl)ccc1[N+](=O)[O-])CCC(=O)O. The minimum absolute atomic E-state index is 0.0158. The van der Waals surface area contributed by atoms with Gasteiger partial charge >= 0.3 is 5.97 Å². The van der Waals surface area contributed by atoms with Gasteiger partial charge in [0.15, 0.2) is 0 Å². The van der Waals surface area contributed by atoms with E-state index in [9.17, 15) is 14.9 Å². The van der Waals surface area contributed by atoms with E-state index in [1.807, 2.05) is 6.92 Å². The van der Waals surface area contributed by atoms with Crippen LogP contribution in [0.4, 0.5) is 11.4 Å². The fourth-order valence-electron chi connectivity index (χ4n) is 2.10. The number of carboxylic acids is 1. The number of nitrogens with one attached hydrogen (secondary N) is 1. The molecule has 1 aromatic rings. The Hall–Kier alpha value is -1.82. The molecule has 1 atom stereocenters. The van der Waals surface area contributed by atoms with Gasteiger partial charge in [-0.25, -0.2) is 0 Å². The van der Waals surface area contributed by atoms with E-state index in [0.717, 1.165) is 12.8 Å². The molecule has 2 N–H and O–H groups in total. The maximum absolute atomic E-state index is 10.9. The molecule has 1 unspecified atom stereocenters. The number of carbonyl (C=O) groups is 1. The number of aliphatic carboxylic acids is 1. The minimum atomic E-state index is -0.799. The molecule has 0 spiro atoms.